The van der Waals surface area contributed by atoms with Gasteiger partial charge in [0.05, 0.1) is 11.4 Å². The van der Waals surface area contributed by atoms with Crippen LogP contribution in [0.5, 0.6) is 0 Å². The maximum atomic E-state index is 11.1. The first-order valence-corrected chi connectivity index (χ1v) is 6.26. The Balaban J connectivity index is 1.89. The Morgan fingerprint density at radius 2 is 2.33 bits per heavy atom. The summed E-state index contributed by atoms with van der Waals surface area (Å²) in [5, 5.41) is 4.34. The predicted octanol–water partition coefficient (Wildman–Crippen LogP) is -0.123. The van der Waals surface area contributed by atoms with Crippen LogP contribution in [0.3, 0.4) is 0 Å². The molecule has 15 heavy (non-hydrogen) atoms. The van der Waals surface area contributed by atoms with Gasteiger partial charge in [-0.1, -0.05) is 6.08 Å². The lowest BCUT2D eigenvalue weighted by atomic mass is 10.3. The van der Waals surface area contributed by atoms with E-state index in [0.717, 1.165) is 5.69 Å². The van der Waals surface area contributed by atoms with E-state index in [-0.39, 0.29) is 11.8 Å². The summed E-state index contributed by atoms with van der Waals surface area (Å²) in [6, 6.07) is -0.114. The maximum Gasteiger partial charge on any atom is 0.173 e. The number of hydrogen-bond donors (Lipinski definition) is 1. The molecular weight excluding hydrogens is 214 g/mol. The molecule has 1 aliphatic heterocycles. The van der Waals surface area contributed by atoms with E-state index < -0.39 is 9.84 Å². The average molecular weight is 225 g/mol. The van der Waals surface area contributed by atoms with Crippen LogP contribution in [0, 0.1) is 0 Å². The Hall–Kier alpha value is -1.27. The van der Waals surface area contributed by atoms with Crippen molar-refractivity contribution in [1.82, 2.24) is 15.3 Å². The molecule has 0 radical (unpaired) electrons. The summed E-state index contributed by atoms with van der Waals surface area (Å²) < 4.78 is 22.2. The van der Waals surface area contributed by atoms with E-state index in [4.69, 9.17) is 0 Å². The molecule has 2 heterocycles. The molecule has 1 aromatic rings. The summed E-state index contributed by atoms with van der Waals surface area (Å²) in [6.45, 7) is 0.526. The zero-order valence-corrected chi connectivity index (χ0v) is 8.81. The molecule has 0 saturated carbocycles. The van der Waals surface area contributed by atoms with Crippen molar-refractivity contribution in [3.8, 4) is 0 Å². The van der Waals surface area contributed by atoms with Crippen molar-refractivity contribution in [3.05, 3.63) is 35.8 Å². The molecule has 1 aliphatic rings. The summed E-state index contributed by atoms with van der Waals surface area (Å²) in [6.07, 6.45) is 6.52. The maximum absolute atomic E-state index is 11.1. The molecule has 0 saturated heterocycles. The molecule has 1 atom stereocenters. The van der Waals surface area contributed by atoms with Gasteiger partial charge in [0.25, 0.3) is 0 Å². The molecule has 1 aromatic heterocycles. The number of sulfone groups is 1. The molecule has 0 aliphatic carbocycles. The number of nitrogens with zero attached hydrogens (tertiary/aromatic N) is 2. The van der Waals surface area contributed by atoms with Gasteiger partial charge in [0.2, 0.25) is 0 Å². The van der Waals surface area contributed by atoms with Crippen LogP contribution >= 0.6 is 0 Å². The first-order chi connectivity index (χ1) is 7.16. The number of hydrogen-bond acceptors (Lipinski definition) is 5. The van der Waals surface area contributed by atoms with Crippen LogP contribution in [0.25, 0.3) is 0 Å². The van der Waals surface area contributed by atoms with Crippen LogP contribution in [0.2, 0.25) is 0 Å². The molecule has 1 N–H and O–H groups in total. The molecule has 2 rings (SSSR count). The predicted molar refractivity (Wildman–Crippen MR) is 55.6 cm³/mol. The van der Waals surface area contributed by atoms with E-state index in [1.165, 1.54) is 5.41 Å². The van der Waals surface area contributed by atoms with Gasteiger partial charge in [-0.25, -0.2) is 8.42 Å². The zero-order valence-electron chi connectivity index (χ0n) is 8.00. The number of rotatable bonds is 3. The van der Waals surface area contributed by atoms with Crippen molar-refractivity contribution < 1.29 is 8.42 Å². The van der Waals surface area contributed by atoms with Crippen LogP contribution in [0.15, 0.2) is 30.1 Å². The van der Waals surface area contributed by atoms with Crippen molar-refractivity contribution >= 4 is 9.84 Å². The normalized spacial score (nSPS) is 23.1. The van der Waals surface area contributed by atoms with Gasteiger partial charge in [-0.05, 0) is 0 Å². The second-order valence-corrected chi connectivity index (χ2v) is 5.27. The highest BCUT2D eigenvalue weighted by atomic mass is 32.2. The third kappa shape index (κ3) is 2.84. The van der Waals surface area contributed by atoms with Gasteiger partial charge in [-0.3, -0.25) is 9.97 Å². The lowest BCUT2D eigenvalue weighted by Gasteiger charge is -2.08. The van der Waals surface area contributed by atoms with Crippen molar-refractivity contribution in [2.24, 2.45) is 0 Å². The van der Waals surface area contributed by atoms with Crippen LogP contribution < -0.4 is 5.32 Å². The van der Waals surface area contributed by atoms with Gasteiger partial charge in [0, 0.05) is 36.6 Å². The summed E-state index contributed by atoms with van der Waals surface area (Å²) >= 11 is 0. The Labute approximate surface area is 88.2 Å². The van der Waals surface area contributed by atoms with Crippen LogP contribution in [-0.2, 0) is 16.4 Å². The Bertz CT molecular complexity index is 456. The molecular formula is C9H11N3O2S. The first-order valence-electron chi connectivity index (χ1n) is 4.55. The van der Waals surface area contributed by atoms with E-state index in [1.54, 1.807) is 24.7 Å². The van der Waals surface area contributed by atoms with E-state index in [0.29, 0.717) is 6.54 Å². The Morgan fingerprint density at radius 1 is 1.47 bits per heavy atom. The van der Waals surface area contributed by atoms with Crippen molar-refractivity contribution in [1.29, 1.82) is 0 Å². The number of nitrogens with one attached hydrogen (secondary N) is 1. The standard InChI is InChI=1S/C9H11N3O2S/c13-15(14)4-1-8(7-15)12-6-9-5-10-2-3-11-9/h1-5,8,12H,6-7H2. The lowest BCUT2D eigenvalue weighted by Crippen LogP contribution is -2.29. The van der Waals surface area contributed by atoms with Gasteiger partial charge in [0.15, 0.2) is 9.84 Å². The molecule has 80 valence electrons. The third-order valence-corrected chi connectivity index (χ3v) is 3.49. The Morgan fingerprint density at radius 3 is 2.93 bits per heavy atom. The minimum atomic E-state index is -2.98. The number of aromatic nitrogens is 2. The fourth-order valence-corrected chi connectivity index (χ4v) is 2.63. The topological polar surface area (TPSA) is 72.0 Å². The largest absolute Gasteiger partial charge is 0.304 e. The smallest absolute Gasteiger partial charge is 0.173 e. The highest BCUT2D eigenvalue weighted by molar-refractivity contribution is 7.94. The van der Waals surface area contributed by atoms with Gasteiger partial charge >= 0.3 is 0 Å². The SMILES string of the molecule is O=S1(=O)C=CC(NCc2cnccn2)C1. The van der Waals surface area contributed by atoms with E-state index in [2.05, 4.69) is 15.3 Å². The molecule has 0 fully saturated rings. The first kappa shape index (κ1) is 10.3. The fourth-order valence-electron chi connectivity index (χ4n) is 1.36. The molecule has 0 amide bonds. The van der Waals surface area contributed by atoms with Crippen LogP contribution in [0.4, 0.5) is 0 Å². The molecule has 0 aromatic carbocycles. The zero-order chi connectivity index (χ0) is 10.7. The average Bonchev–Trinajstić information content (AvgIpc) is 2.57. The highest BCUT2D eigenvalue weighted by Gasteiger charge is 2.20. The fraction of sp³-hybridized carbons (Fsp3) is 0.333. The van der Waals surface area contributed by atoms with E-state index in [1.807, 2.05) is 0 Å². The van der Waals surface area contributed by atoms with E-state index >= 15 is 0 Å². The van der Waals surface area contributed by atoms with Gasteiger partial charge in [-0.2, -0.15) is 0 Å². The van der Waals surface area contributed by atoms with Gasteiger partial charge in [0.1, 0.15) is 0 Å². The molecule has 0 bridgehead atoms. The second kappa shape index (κ2) is 4.08. The van der Waals surface area contributed by atoms with Gasteiger partial charge < -0.3 is 5.32 Å². The van der Waals surface area contributed by atoms with Crippen molar-refractivity contribution in [2.45, 2.75) is 12.6 Å². The van der Waals surface area contributed by atoms with Crippen molar-refractivity contribution in [3.63, 3.8) is 0 Å². The Kier molecular flexibility index (Phi) is 2.79. The summed E-state index contributed by atoms with van der Waals surface area (Å²) in [4.78, 5) is 8.00. The van der Waals surface area contributed by atoms with Crippen molar-refractivity contribution in [2.75, 3.05) is 5.75 Å². The third-order valence-electron chi connectivity index (χ3n) is 2.09. The van der Waals surface area contributed by atoms with E-state index in [9.17, 15) is 8.42 Å². The second-order valence-electron chi connectivity index (χ2n) is 3.34. The summed E-state index contributed by atoms with van der Waals surface area (Å²) in [5.74, 6) is 0.132. The van der Waals surface area contributed by atoms with Crippen LogP contribution in [-0.4, -0.2) is 30.2 Å². The quantitative estimate of drug-likeness (QED) is 0.776. The van der Waals surface area contributed by atoms with Crippen LogP contribution in [0.1, 0.15) is 5.69 Å². The molecule has 6 heteroatoms. The summed E-state index contributed by atoms with van der Waals surface area (Å²) in [7, 11) is -2.98. The molecule has 1 unspecified atom stereocenters. The monoisotopic (exact) mass is 225 g/mol. The minimum Gasteiger partial charge on any atom is -0.304 e. The molecule has 0 spiro atoms. The summed E-state index contributed by atoms with van der Waals surface area (Å²) in [5.41, 5.74) is 0.801. The minimum absolute atomic E-state index is 0.114. The molecule has 5 nitrogen and oxygen atoms in total. The lowest BCUT2D eigenvalue weighted by molar-refractivity contribution is 0.588. The van der Waals surface area contributed by atoms with Gasteiger partial charge in [-0.15, -0.1) is 0 Å². The highest BCUT2D eigenvalue weighted by Crippen LogP contribution is 2.08.